The van der Waals surface area contributed by atoms with E-state index in [1.54, 1.807) is 12.1 Å². The van der Waals surface area contributed by atoms with Crippen LogP contribution in [-0.4, -0.2) is 6.54 Å². The van der Waals surface area contributed by atoms with Crippen molar-refractivity contribution in [2.45, 2.75) is 6.61 Å². The van der Waals surface area contributed by atoms with Crippen molar-refractivity contribution in [3.05, 3.63) is 64.2 Å². The van der Waals surface area contributed by atoms with Gasteiger partial charge in [-0.05, 0) is 29.8 Å². The van der Waals surface area contributed by atoms with Crippen LogP contribution in [0.3, 0.4) is 0 Å². The molecule has 0 fully saturated rings. The minimum Gasteiger partial charge on any atom is -0.489 e. The largest absolute Gasteiger partial charge is 0.489 e. The Morgan fingerprint density at radius 2 is 1.90 bits per heavy atom. The van der Waals surface area contributed by atoms with Gasteiger partial charge in [-0.3, -0.25) is 0 Å². The summed E-state index contributed by atoms with van der Waals surface area (Å²) in [5, 5.41) is 0.0229. The molecule has 0 bridgehead atoms. The highest BCUT2D eigenvalue weighted by atomic mass is 35.5. The summed E-state index contributed by atoms with van der Waals surface area (Å²) < 4.78 is 32.2. The van der Waals surface area contributed by atoms with Crippen molar-refractivity contribution in [1.29, 1.82) is 0 Å². The molecule has 0 atom stereocenters. The molecule has 0 saturated carbocycles. The highest BCUT2D eigenvalue weighted by Crippen LogP contribution is 2.20. The molecule has 0 aliphatic heterocycles. The number of rotatable bonds is 3. The van der Waals surface area contributed by atoms with Crippen molar-refractivity contribution in [1.82, 2.24) is 0 Å². The van der Waals surface area contributed by atoms with Gasteiger partial charge in [-0.2, -0.15) is 0 Å². The molecule has 21 heavy (non-hydrogen) atoms. The number of ether oxygens (including phenoxy) is 1. The third-order valence-corrected chi connectivity index (χ3v) is 2.94. The number of hydrogen-bond acceptors (Lipinski definition) is 2. The van der Waals surface area contributed by atoms with E-state index in [1.165, 1.54) is 24.3 Å². The summed E-state index contributed by atoms with van der Waals surface area (Å²) in [4.78, 5) is 0. The van der Waals surface area contributed by atoms with Crippen molar-refractivity contribution in [3.63, 3.8) is 0 Å². The first-order chi connectivity index (χ1) is 10.1. The van der Waals surface area contributed by atoms with Crippen LogP contribution in [0.2, 0.25) is 5.02 Å². The lowest BCUT2D eigenvalue weighted by molar-refractivity contribution is 0.304. The van der Waals surface area contributed by atoms with Gasteiger partial charge < -0.3 is 10.5 Å². The van der Waals surface area contributed by atoms with E-state index in [2.05, 4.69) is 11.8 Å². The van der Waals surface area contributed by atoms with E-state index in [-0.39, 0.29) is 23.7 Å². The molecule has 0 unspecified atom stereocenters. The molecule has 2 nitrogen and oxygen atoms in total. The zero-order chi connectivity index (χ0) is 15.2. The minimum atomic E-state index is -0.491. The Morgan fingerprint density at radius 1 is 1.10 bits per heavy atom. The zero-order valence-corrected chi connectivity index (χ0v) is 11.8. The molecule has 0 aliphatic rings. The van der Waals surface area contributed by atoms with Crippen molar-refractivity contribution >= 4 is 11.6 Å². The van der Waals surface area contributed by atoms with E-state index in [4.69, 9.17) is 22.1 Å². The van der Waals surface area contributed by atoms with Gasteiger partial charge in [0.05, 0.1) is 17.1 Å². The Balaban J connectivity index is 2.06. The highest BCUT2D eigenvalue weighted by Gasteiger charge is 2.04. The molecule has 0 spiro atoms. The minimum absolute atomic E-state index is 0.0229. The second-order valence-electron chi connectivity index (χ2n) is 4.18. The van der Waals surface area contributed by atoms with Crippen LogP contribution in [0.1, 0.15) is 11.1 Å². The van der Waals surface area contributed by atoms with Gasteiger partial charge in [-0.25, -0.2) is 8.78 Å². The number of halogens is 3. The van der Waals surface area contributed by atoms with Crippen LogP contribution in [0.4, 0.5) is 8.78 Å². The predicted octanol–water partition coefficient (Wildman–Crippen LogP) is 3.51. The molecule has 0 heterocycles. The summed E-state index contributed by atoms with van der Waals surface area (Å²) in [7, 11) is 0. The van der Waals surface area contributed by atoms with Crippen LogP contribution in [0, 0.1) is 23.5 Å². The monoisotopic (exact) mass is 307 g/mol. The van der Waals surface area contributed by atoms with Crippen molar-refractivity contribution < 1.29 is 13.5 Å². The van der Waals surface area contributed by atoms with Crippen LogP contribution in [-0.2, 0) is 6.61 Å². The van der Waals surface area contributed by atoms with Gasteiger partial charge in [0, 0.05) is 6.07 Å². The average Bonchev–Trinajstić information content (AvgIpc) is 2.47. The fourth-order valence-electron chi connectivity index (χ4n) is 1.63. The number of hydrogen-bond donors (Lipinski definition) is 1. The smallest absolute Gasteiger partial charge is 0.142 e. The Hall–Kier alpha value is -2.09. The molecule has 0 amide bonds. The summed E-state index contributed by atoms with van der Waals surface area (Å²) in [6.45, 7) is 0.330. The molecule has 2 aromatic carbocycles. The third-order valence-electron chi connectivity index (χ3n) is 2.66. The normalized spacial score (nSPS) is 9.90. The van der Waals surface area contributed by atoms with Crippen LogP contribution in [0.15, 0.2) is 36.4 Å². The van der Waals surface area contributed by atoms with E-state index in [9.17, 15) is 8.78 Å². The van der Waals surface area contributed by atoms with Crippen LogP contribution < -0.4 is 10.5 Å². The van der Waals surface area contributed by atoms with E-state index >= 15 is 0 Å². The maximum atomic E-state index is 13.7. The highest BCUT2D eigenvalue weighted by molar-refractivity contribution is 6.30. The van der Waals surface area contributed by atoms with Crippen molar-refractivity contribution in [2.75, 3.05) is 6.54 Å². The predicted molar refractivity (Wildman–Crippen MR) is 78.1 cm³/mol. The maximum Gasteiger partial charge on any atom is 0.142 e. The van der Waals surface area contributed by atoms with Gasteiger partial charge >= 0.3 is 0 Å². The molecule has 0 radical (unpaired) electrons. The fraction of sp³-hybridized carbons (Fsp3) is 0.125. The number of nitrogens with two attached hydrogens (primary N) is 1. The molecular formula is C16H12ClF2NO. The Kier molecular flexibility index (Phi) is 5.15. The quantitative estimate of drug-likeness (QED) is 0.881. The molecule has 2 rings (SSSR count). The van der Waals surface area contributed by atoms with Crippen molar-refractivity contribution in [2.24, 2.45) is 5.73 Å². The molecule has 0 aromatic heterocycles. The van der Waals surface area contributed by atoms with E-state index in [0.717, 1.165) is 0 Å². The molecule has 2 N–H and O–H groups in total. The Morgan fingerprint density at radius 3 is 2.57 bits per heavy atom. The summed E-state index contributed by atoms with van der Waals surface area (Å²) >= 11 is 5.67. The SMILES string of the molecule is NCC#Cc1ccc(OCc2ccc(F)c(Cl)c2)cc1F. The van der Waals surface area contributed by atoms with Crippen LogP contribution in [0.25, 0.3) is 0 Å². The van der Waals surface area contributed by atoms with Gasteiger partial charge in [-0.1, -0.05) is 29.5 Å². The first-order valence-corrected chi connectivity index (χ1v) is 6.53. The topological polar surface area (TPSA) is 35.2 Å². The summed E-state index contributed by atoms with van der Waals surface area (Å²) in [6, 6.07) is 8.64. The van der Waals surface area contributed by atoms with Gasteiger partial charge in [-0.15, -0.1) is 0 Å². The Labute approximate surface area is 126 Å². The molecule has 0 aliphatic carbocycles. The van der Waals surface area contributed by atoms with E-state index in [0.29, 0.717) is 11.3 Å². The number of benzene rings is 2. The van der Waals surface area contributed by atoms with Crippen LogP contribution >= 0.6 is 11.6 Å². The maximum absolute atomic E-state index is 13.7. The fourth-order valence-corrected chi connectivity index (χ4v) is 1.83. The second-order valence-corrected chi connectivity index (χ2v) is 4.59. The lowest BCUT2D eigenvalue weighted by atomic mass is 10.2. The van der Waals surface area contributed by atoms with Gasteiger partial charge in [0.25, 0.3) is 0 Å². The second kappa shape index (κ2) is 7.07. The van der Waals surface area contributed by atoms with Gasteiger partial charge in [0.1, 0.15) is 24.0 Å². The summed E-state index contributed by atoms with van der Waals surface area (Å²) in [5.74, 6) is 4.58. The molecule has 5 heteroatoms. The summed E-state index contributed by atoms with van der Waals surface area (Å²) in [6.07, 6.45) is 0. The first kappa shape index (κ1) is 15.3. The Bertz CT molecular complexity index is 707. The lowest BCUT2D eigenvalue weighted by Crippen LogP contribution is -1.97. The van der Waals surface area contributed by atoms with Gasteiger partial charge in [0.15, 0.2) is 0 Å². The molecule has 108 valence electrons. The van der Waals surface area contributed by atoms with Gasteiger partial charge in [0.2, 0.25) is 0 Å². The summed E-state index contributed by atoms with van der Waals surface area (Å²) in [5.41, 5.74) is 6.18. The third kappa shape index (κ3) is 4.19. The van der Waals surface area contributed by atoms with E-state index in [1.807, 2.05) is 0 Å². The molecule has 0 saturated heterocycles. The van der Waals surface area contributed by atoms with Crippen LogP contribution in [0.5, 0.6) is 5.75 Å². The molecular weight excluding hydrogens is 296 g/mol. The lowest BCUT2D eigenvalue weighted by Gasteiger charge is -2.07. The standard InChI is InChI=1S/C16H12ClF2NO/c17-14-8-11(3-6-15(14)18)10-21-13-5-4-12(2-1-7-20)16(19)9-13/h3-6,8-9H,7,10,20H2. The first-order valence-electron chi connectivity index (χ1n) is 6.15. The van der Waals surface area contributed by atoms with Crippen molar-refractivity contribution in [3.8, 4) is 17.6 Å². The molecule has 2 aromatic rings. The zero-order valence-electron chi connectivity index (χ0n) is 11.0. The average molecular weight is 308 g/mol. The van der Waals surface area contributed by atoms with E-state index < -0.39 is 11.6 Å².